The molecule has 3 unspecified atom stereocenters. The zero-order chi connectivity index (χ0) is 21.7. The van der Waals surface area contributed by atoms with E-state index >= 15 is 0 Å². The lowest BCUT2D eigenvalue weighted by molar-refractivity contribution is -0.138. The zero-order valence-electron chi connectivity index (χ0n) is 15.9. The summed E-state index contributed by atoms with van der Waals surface area (Å²) in [6, 6.07) is -2.99. The van der Waals surface area contributed by atoms with E-state index in [1.807, 2.05) is 0 Å². The van der Waals surface area contributed by atoms with Crippen LogP contribution in [0.4, 0.5) is 0 Å². The third-order valence-electron chi connectivity index (χ3n) is 3.78. The fraction of sp³-hybridized carbons (Fsp3) is 0.688. The number of hydrogen-bond acceptors (Lipinski definition) is 7. The maximum absolute atomic E-state index is 12.3. The van der Waals surface area contributed by atoms with Gasteiger partial charge in [0.2, 0.25) is 23.6 Å². The van der Waals surface area contributed by atoms with Crippen molar-refractivity contribution >= 4 is 29.6 Å². The van der Waals surface area contributed by atoms with Crippen molar-refractivity contribution in [3.63, 3.8) is 0 Å². The van der Waals surface area contributed by atoms with Crippen LogP contribution in [0.15, 0.2) is 0 Å². The Morgan fingerprint density at radius 1 is 0.964 bits per heavy atom. The van der Waals surface area contributed by atoms with Crippen LogP contribution < -0.4 is 33.2 Å². The first-order valence-corrected chi connectivity index (χ1v) is 8.92. The summed E-state index contributed by atoms with van der Waals surface area (Å²) >= 11 is 0. The normalized spacial score (nSPS) is 13.7. The van der Waals surface area contributed by atoms with Crippen LogP contribution in [0.25, 0.3) is 0 Å². The van der Waals surface area contributed by atoms with Crippen LogP contribution in [-0.4, -0.2) is 65.9 Å². The van der Waals surface area contributed by atoms with Gasteiger partial charge in [0.15, 0.2) is 0 Å². The second kappa shape index (κ2) is 13.4. The average molecular weight is 402 g/mol. The van der Waals surface area contributed by atoms with Crippen molar-refractivity contribution < 1.29 is 29.1 Å². The smallest absolute Gasteiger partial charge is 0.322 e. The van der Waals surface area contributed by atoms with Crippen LogP contribution in [0.1, 0.15) is 39.0 Å². The number of nitrogens with one attached hydrogen (secondary N) is 3. The minimum absolute atomic E-state index is 0.119. The second-order valence-corrected chi connectivity index (χ2v) is 6.30. The number of primary amides is 1. The van der Waals surface area contributed by atoms with Crippen molar-refractivity contribution in [3.05, 3.63) is 0 Å². The quantitative estimate of drug-likeness (QED) is 0.147. The lowest BCUT2D eigenvalue weighted by Crippen LogP contribution is -2.55. The molecular formula is C16H30N6O6. The molecule has 0 saturated heterocycles. The van der Waals surface area contributed by atoms with Gasteiger partial charge in [-0.25, -0.2) is 0 Å². The summed E-state index contributed by atoms with van der Waals surface area (Å²) in [6.07, 6.45) is 1.49. The highest BCUT2D eigenvalue weighted by Crippen LogP contribution is 2.01. The van der Waals surface area contributed by atoms with Gasteiger partial charge in [-0.1, -0.05) is 6.42 Å². The highest BCUT2D eigenvalue weighted by molar-refractivity contribution is 5.93. The Labute approximate surface area is 162 Å². The summed E-state index contributed by atoms with van der Waals surface area (Å²) in [7, 11) is 0. The minimum atomic E-state index is -1.27. The monoisotopic (exact) mass is 402 g/mol. The molecule has 0 aliphatic carbocycles. The molecule has 3 atom stereocenters. The van der Waals surface area contributed by atoms with E-state index in [-0.39, 0.29) is 12.8 Å². The average Bonchev–Trinajstić information content (AvgIpc) is 2.62. The highest BCUT2D eigenvalue weighted by Gasteiger charge is 2.26. The molecule has 4 amide bonds. The maximum atomic E-state index is 12.3. The fourth-order valence-corrected chi connectivity index (χ4v) is 2.16. The number of aliphatic carboxylic acids is 1. The Morgan fingerprint density at radius 2 is 1.61 bits per heavy atom. The molecule has 0 aliphatic rings. The number of carboxylic acid groups (broad SMARTS) is 1. The molecule has 10 N–H and O–H groups in total. The van der Waals surface area contributed by atoms with Gasteiger partial charge in [-0.2, -0.15) is 0 Å². The van der Waals surface area contributed by atoms with Crippen molar-refractivity contribution in [1.82, 2.24) is 16.0 Å². The molecule has 160 valence electrons. The SMILES string of the molecule is CC(NC(=O)C(N)CCCCN)C(=O)NC(CCC(N)=O)C(=O)NCC(=O)O. The summed E-state index contributed by atoms with van der Waals surface area (Å²) in [5.74, 6) is -3.95. The number of hydrogen-bond donors (Lipinski definition) is 7. The van der Waals surface area contributed by atoms with E-state index in [2.05, 4.69) is 16.0 Å². The Morgan fingerprint density at radius 3 is 2.14 bits per heavy atom. The molecule has 0 spiro atoms. The topological polar surface area (TPSA) is 220 Å². The second-order valence-electron chi connectivity index (χ2n) is 6.30. The molecule has 0 aromatic carbocycles. The van der Waals surface area contributed by atoms with Crippen LogP contribution in [0.2, 0.25) is 0 Å². The Hall–Kier alpha value is -2.73. The molecule has 0 rings (SSSR count). The molecule has 12 heteroatoms. The lowest BCUT2D eigenvalue weighted by Gasteiger charge is -2.21. The molecule has 12 nitrogen and oxygen atoms in total. The van der Waals surface area contributed by atoms with E-state index in [9.17, 15) is 24.0 Å². The van der Waals surface area contributed by atoms with Crippen LogP contribution in [0.5, 0.6) is 0 Å². The first-order chi connectivity index (χ1) is 13.1. The standard InChI is InChI=1S/C16H30N6O6/c1-9(21-15(27)10(18)4-2-3-7-17)14(26)22-11(5-6-12(19)23)16(28)20-8-13(24)25/h9-11H,2-8,17-18H2,1H3,(H2,19,23)(H,20,28)(H,21,27)(H,22,26)(H,24,25). The summed E-state index contributed by atoms with van der Waals surface area (Å²) in [5, 5.41) is 15.5. The molecule has 0 aromatic heterocycles. The minimum Gasteiger partial charge on any atom is -0.480 e. The van der Waals surface area contributed by atoms with Gasteiger partial charge in [-0.15, -0.1) is 0 Å². The number of carboxylic acids is 1. The zero-order valence-corrected chi connectivity index (χ0v) is 15.9. The molecule has 0 heterocycles. The summed E-state index contributed by atoms with van der Waals surface area (Å²) in [4.78, 5) is 57.8. The first-order valence-electron chi connectivity index (χ1n) is 8.92. The van der Waals surface area contributed by atoms with E-state index < -0.39 is 54.3 Å². The lowest BCUT2D eigenvalue weighted by atomic mass is 10.1. The van der Waals surface area contributed by atoms with Gasteiger partial charge in [0.25, 0.3) is 0 Å². The van der Waals surface area contributed by atoms with Gasteiger partial charge >= 0.3 is 5.97 Å². The Kier molecular flexibility index (Phi) is 12.1. The molecular weight excluding hydrogens is 372 g/mol. The predicted octanol–water partition coefficient (Wildman–Crippen LogP) is -3.10. The highest BCUT2D eigenvalue weighted by atomic mass is 16.4. The van der Waals surface area contributed by atoms with Gasteiger partial charge in [-0.05, 0) is 32.7 Å². The number of carbonyl (C=O) groups is 5. The third kappa shape index (κ3) is 11.1. The number of nitrogens with two attached hydrogens (primary N) is 3. The molecule has 0 aromatic rings. The third-order valence-corrected chi connectivity index (χ3v) is 3.78. The summed E-state index contributed by atoms with van der Waals surface area (Å²) in [6.45, 7) is 1.25. The molecule has 0 fully saturated rings. The molecule has 0 bridgehead atoms. The first kappa shape index (κ1) is 25.3. The number of carbonyl (C=O) groups excluding carboxylic acids is 4. The van der Waals surface area contributed by atoms with Gasteiger partial charge < -0.3 is 38.3 Å². The van der Waals surface area contributed by atoms with Crippen molar-refractivity contribution in [1.29, 1.82) is 0 Å². The van der Waals surface area contributed by atoms with Crippen molar-refractivity contribution in [2.45, 2.75) is 57.2 Å². The maximum Gasteiger partial charge on any atom is 0.322 e. The largest absolute Gasteiger partial charge is 0.480 e. The summed E-state index contributed by atoms with van der Waals surface area (Å²) in [5.41, 5.74) is 16.2. The molecule has 0 aliphatic heterocycles. The molecule has 0 saturated carbocycles. The van der Waals surface area contributed by atoms with Crippen LogP contribution in [0, 0.1) is 0 Å². The van der Waals surface area contributed by atoms with E-state index in [4.69, 9.17) is 22.3 Å². The van der Waals surface area contributed by atoms with Crippen LogP contribution in [-0.2, 0) is 24.0 Å². The van der Waals surface area contributed by atoms with Crippen molar-refractivity contribution in [2.75, 3.05) is 13.1 Å². The van der Waals surface area contributed by atoms with Gasteiger partial charge in [0.05, 0.1) is 6.04 Å². The Balaban J connectivity index is 4.75. The molecule has 28 heavy (non-hydrogen) atoms. The predicted molar refractivity (Wildman–Crippen MR) is 99.5 cm³/mol. The van der Waals surface area contributed by atoms with E-state index in [0.717, 1.165) is 6.42 Å². The van der Waals surface area contributed by atoms with Crippen LogP contribution in [0.3, 0.4) is 0 Å². The van der Waals surface area contributed by atoms with Gasteiger partial charge in [0, 0.05) is 6.42 Å². The summed E-state index contributed by atoms with van der Waals surface area (Å²) < 4.78 is 0. The van der Waals surface area contributed by atoms with E-state index in [1.54, 1.807) is 0 Å². The van der Waals surface area contributed by atoms with Gasteiger partial charge in [0.1, 0.15) is 18.6 Å². The number of rotatable bonds is 14. The Bertz CT molecular complexity index is 570. The number of amides is 4. The molecule has 0 radical (unpaired) electrons. The fourth-order valence-electron chi connectivity index (χ4n) is 2.16. The van der Waals surface area contributed by atoms with E-state index in [1.165, 1.54) is 6.92 Å². The van der Waals surface area contributed by atoms with E-state index in [0.29, 0.717) is 19.4 Å². The van der Waals surface area contributed by atoms with Crippen molar-refractivity contribution in [2.24, 2.45) is 17.2 Å². The number of unbranched alkanes of at least 4 members (excludes halogenated alkanes) is 1. The van der Waals surface area contributed by atoms with Crippen molar-refractivity contribution in [3.8, 4) is 0 Å². The van der Waals surface area contributed by atoms with Crippen LogP contribution >= 0.6 is 0 Å². The van der Waals surface area contributed by atoms with Gasteiger partial charge in [-0.3, -0.25) is 24.0 Å².